The molecular weight excluding hydrogens is 308 g/mol. The van der Waals surface area contributed by atoms with E-state index in [0.717, 1.165) is 17.4 Å². The molecule has 1 unspecified atom stereocenters. The number of rotatable bonds is 7. The number of carbonyl (C=O) groups is 1. The first kappa shape index (κ1) is 18.2. The van der Waals surface area contributed by atoms with Crippen LogP contribution in [0.3, 0.4) is 0 Å². The molecule has 0 amide bonds. The van der Waals surface area contributed by atoms with Crippen molar-refractivity contribution in [2.45, 2.75) is 46.8 Å². The van der Waals surface area contributed by atoms with Crippen LogP contribution < -0.4 is 5.63 Å². The predicted octanol–water partition coefficient (Wildman–Crippen LogP) is 3.60. The Balaban J connectivity index is 2.02. The van der Waals surface area contributed by atoms with Crippen LogP contribution in [0.1, 0.15) is 38.3 Å². The van der Waals surface area contributed by atoms with Gasteiger partial charge in [0, 0.05) is 23.6 Å². The minimum Gasteiger partial charge on any atom is -0.459 e. The van der Waals surface area contributed by atoms with Crippen molar-refractivity contribution in [3.63, 3.8) is 0 Å². The standard InChI is InChI=1S/C19H24O5/c1-12(2)7-8-22-14(4)19(21)23-11-15-10-18(20)24-17-9-13(3)5-6-16(15)17/h5-6,9-10,12,14H,7-8,11H2,1-4H3. The second kappa shape index (κ2) is 8.11. The molecule has 0 aliphatic rings. The minimum absolute atomic E-state index is 0.0157. The van der Waals surface area contributed by atoms with E-state index in [0.29, 0.717) is 23.7 Å². The third-order valence-electron chi connectivity index (χ3n) is 3.75. The fourth-order valence-electron chi connectivity index (χ4n) is 2.27. The van der Waals surface area contributed by atoms with Crippen LogP contribution in [-0.2, 0) is 20.9 Å². The molecule has 24 heavy (non-hydrogen) atoms. The van der Waals surface area contributed by atoms with Crippen LogP contribution in [0.4, 0.5) is 0 Å². The van der Waals surface area contributed by atoms with Crippen molar-refractivity contribution in [3.05, 3.63) is 45.8 Å². The highest BCUT2D eigenvalue weighted by atomic mass is 16.6. The molecule has 1 aromatic heterocycles. The maximum Gasteiger partial charge on any atom is 0.336 e. The summed E-state index contributed by atoms with van der Waals surface area (Å²) >= 11 is 0. The van der Waals surface area contributed by atoms with Gasteiger partial charge < -0.3 is 13.9 Å². The number of hydrogen-bond donors (Lipinski definition) is 0. The molecule has 1 heterocycles. The molecule has 0 aliphatic heterocycles. The van der Waals surface area contributed by atoms with Gasteiger partial charge in [-0.05, 0) is 37.8 Å². The van der Waals surface area contributed by atoms with Gasteiger partial charge >= 0.3 is 11.6 Å². The zero-order valence-corrected chi connectivity index (χ0v) is 14.6. The first-order valence-corrected chi connectivity index (χ1v) is 8.18. The van der Waals surface area contributed by atoms with E-state index in [1.165, 1.54) is 6.07 Å². The van der Waals surface area contributed by atoms with Crippen LogP contribution in [0.2, 0.25) is 0 Å². The van der Waals surface area contributed by atoms with E-state index in [-0.39, 0.29) is 6.61 Å². The highest BCUT2D eigenvalue weighted by Gasteiger charge is 2.16. The van der Waals surface area contributed by atoms with E-state index in [2.05, 4.69) is 13.8 Å². The number of carbonyl (C=O) groups excluding carboxylic acids is 1. The number of fused-ring (bicyclic) bond motifs is 1. The van der Waals surface area contributed by atoms with Gasteiger partial charge in [-0.2, -0.15) is 0 Å². The van der Waals surface area contributed by atoms with Gasteiger partial charge in [0.25, 0.3) is 0 Å². The second-order valence-electron chi connectivity index (χ2n) is 6.39. The Morgan fingerprint density at radius 3 is 2.67 bits per heavy atom. The summed E-state index contributed by atoms with van der Waals surface area (Å²) in [6.07, 6.45) is 0.263. The van der Waals surface area contributed by atoms with Gasteiger partial charge in [0.05, 0.1) is 0 Å². The van der Waals surface area contributed by atoms with Crippen molar-refractivity contribution in [3.8, 4) is 0 Å². The highest BCUT2D eigenvalue weighted by Crippen LogP contribution is 2.19. The molecule has 0 bridgehead atoms. The van der Waals surface area contributed by atoms with Gasteiger partial charge in [-0.1, -0.05) is 26.0 Å². The Morgan fingerprint density at radius 1 is 1.21 bits per heavy atom. The van der Waals surface area contributed by atoms with Gasteiger partial charge in [0.2, 0.25) is 0 Å². The Bertz CT molecular complexity index is 760. The van der Waals surface area contributed by atoms with Crippen molar-refractivity contribution >= 4 is 16.9 Å². The van der Waals surface area contributed by atoms with E-state index < -0.39 is 17.7 Å². The van der Waals surface area contributed by atoms with Crippen LogP contribution in [-0.4, -0.2) is 18.7 Å². The average molecular weight is 332 g/mol. The fraction of sp³-hybridized carbons (Fsp3) is 0.474. The first-order valence-electron chi connectivity index (χ1n) is 8.18. The summed E-state index contributed by atoms with van der Waals surface area (Å²) in [5.74, 6) is 0.0823. The summed E-state index contributed by atoms with van der Waals surface area (Å²) in [5, 5.41) is 0.765. The molecule has 0 radical (unpaired) electrons. The summed E-state index contributed by atoms with van der Waals surface area (Å²) in [6.45, 7) is 8.32. The minimum atomic E-state index is -0.627. The number of esters is 1. The lowest BCUT2D eigenvalue weighted by Gasteiger charge is -2.14. The fourth-order valence-corrected chi connectivity index (χ4v) is 2.27. The quantitative estimate of drug-likeness (QED) is 0.572. The topological polar surface area (TPSA) is 65.7 Å². The molecule has 1 aromatic carbocycles. The zero-order chi connectivity index (χ0) is 17.7. The highest BCUT2D eigenvalue weighted by molar-refractivity contribution is 5.81. The number of hydrogen-bond acceptors (Lipinski definition) is 5. The van der Waals surface area contributed by atoms with Crippen LogP contribution in [0.15, 0.2) is 33.5 Å². The molecular formula is C19H24O5. The SMILES string of the molecule is Cc1ccc2c(COC(=O)C(C)OCCC(C)C)cc(=O)oc2c1. The molecule has 0 aliphatic carbocycles. The number of benzene rings is 1. The van der Waals surface area contributed by atoms with Crippen molar-refractivity contribution in [2.24, 2.45) is 5.92 Å². The summed E-state index contributed by atoms with van der Waals surface area (Å²) in [4.78, 5) is 23.7. The van der Waals surface area contributed by atoms with Crippen molar-refractivity contribution < 1.29 is 18.7 Å². The summed E-state index contributed by atoms with van der Waals surface area (Å²) in [7, 11) is 0. The Labute approximate surface area is 141 Å². The largest absolute Gasteiger partial charge is 0.459 e. The van der Waals surface area contributed by atoms with E-state index in [1.54, 1.807) is 13.0 Å². The van der Waals surface area contributed by atoms with E-state index in [1.807, 2.05) is 19.1 Å². The first-order chi connectivity index (χ1) is 11.4. The molecule has 130 valence electrons. The molecule has 2 aromatic rings. The number of ether oxygens (including phenoxy) is 2. The normalized spacial score (nSPS) is 12.5. The Kier molecular flexibility index (Phi) is 6.15. The van der Waals surface area contributed by atoms with E-state index in [4.69, 9.17) is 13.9 Å². The van der Waals surface area contributed by atoms with E-state index >= 15 is 0 Å². The third-order valence-corrected chi connectivity index (χ3v) is 3.75. The van der Waals surface area contributed by atoms with Crippen molar-refractivity contribution in [2.75, 3.05) is 6.61 Å². The molecule has 0 fully saturated rings. The molecule has 0 spiro atoms. The van der Waals surface area contributed by atoms with Gasteiger partial charge in [-0.15, -0.1) is 0 Å². The molecule has 1 atom stereocenters. The molecule has 2 rings (SSSR count). The monoisotopic (exact) mass is 332 g/mol. The van der Waals surface area contributed by atoms with Gasteiger partial charge in [0.1, 0.15) is 12.2 Å². The maximum absolute atomic E-state index is 12.0. The molecule has 5 nitrogen and oxygen atoms in total. The zero-order valence-electron chi connectivity index (χ0n) is 14.6. The van der Waals surface area contributed by atoms with Crippen LogP contribution >= 0.6 is 0 Å². The maximum atomic E-state index is 12.0. The van der Waals surface area contributed by atoms with Crippen LogP contribution in [0, 0.1) is 12.8 Å². The van der Waals surface area contributed by atoms with Crippen LogP contribution in [0.25, 0.3) is 11.0 Å². The lowest BCUT2D eigenvalue weighted by atomic mass is 10.1. The van der Waals surface area contributed by atoms with Crippen LogP contribution in [0.5, 0.6) is 0 Å². The molecule has 5 heteroatoms. The van der Waals surface area contributed by atoms with Crippen molar-refractivity contribution in [1.29, 1.82) is 0 Å². The smallest absolute Gasteiger partial charge is 0.336 e. The molecule has 0 saturated heterocycles. The number of aryl methyl sites for hydroxylation is 1. The molecule has 0 N–H and O–H groups in total. The lowest BCUT2D eigenvalue weighted by molar-refractivity contribution is -0.157. The van der Waals surface area contributed by atoms with Gasteiger partial charge in [0.15, 0.2) is 6.10 Å². The predicted molar refractivity (Wildman–Crippen MR) is 91.9 cm³/mol. The Hall–Kier alpha value is -2.14. The lowest BCUT2D eigenvalue weighted by Crippen LogP contribution is -2.24. The van der Waals surface area contributed by atoms with Crippen molar-refractivity contribution in [1.82, 2.24) is 0 Å². The summed E-state index contributed by atoms with van der Waals surface area (Å²) in [5.41, 5.74) is 1.66. The van der Waals surface area contributed by atoms with Gasteiger partial charge in [-0.25, -0.2) is 9.59 Å². The summed E-state index contributed by atoms with van der Waals surface area (Å²) < 4.78 is 16.0. The van der Waals surface area contributed by atoms with Gasteiger partial charge in [-0.3, -0.25) is 0 Å². The van der Waals surface area contributed by atoms with E-state index in [9.17, 15) is 9.59 Å². The second-order valence-corrected chi connectivity index (χ2v) is 6.39. The average Bonchev–Trinajstić information content (AvgIpc) is 2.51. The third kappa shape index (κ3) is 4.93. The molecule has 0 saturated carbocycles. The summed E-state index contributed by atoms with van der Waals surface area (Å²) in [6, 6.07) is 6.93. The Morgan fingerprint density at radius 2 is 1.96 bits per heavy atom.